The Balaban J connectivity index is 1.59. The van der Waals surface area contributed by atoms with E-state index in [0.29, 0.717) is 0 Å². The number of ether oxygens (including phenoxy) is 1. The molecular formula is C32H49NO. The number of unbranched alkanes of at least 4 members (excludes halogenated alkanes) is 13. The lowest BCUT2D eigenvalue weighted by Crippen LogP contribution is -1.97. The molecule has 0 aromatic heterocycles. The summed E-state index contributed by atoms with van der Waals surface area (Å²) in [5.41, 5.74) is 3.54. The maximum absolute atomic E-state index is 5.90. The van der Waals surface area contributed by atoms with Gasteiger partial charge in [0.05, 0.1) is 12.3 Å². The predicted molar refractivity (Wildman–Crippen MR) is 150 cm³/mol. The van der Waals surface area contributed by atoms with Crippen molar-refractivity contribution in [1.82, 2.24) is 0 Å². The minimum atomic E-state index is 0.813. The highest BCUT2D eigenvalue weighted by Gasteiger charge is 1.98. The summed E-state index contributed by atoms with van der Waals surface area (Å²) in [4.78, 5) is 4.64. The third-order valence-corrected chi connectivity index (χ3v) is 6.51. The fourth-order valence-corrected chi connectivity index (χ4v) is 4.26. The summed E-state index contributed by atoms with van der Waals surface area (Å²) in [5.74, 6) is 0.954. The van der Waals surface area contributed by atoms with Crippen LogP contribution >= 0.6 is 0 Å². The van der Waals surface area contributed by atoms with E-state index in [-0.39, 0.29) is 0 Å². The smallest absolute Gasteiger partial charge is 0.119 e. The van der Waals surface area contributed by atoms with E-state index in [9.17, 15) is 0 Å². The van der Waals surface area contributed by atoms with E-state index in [0.717, 1.165) is 30.0 Å². The molecule has 0 radical (unpaired) electrons. The van der Waals surface area contributed by atoms with Crippen LogP contribution in [0.4, 0.5) is 5.69 Å². The van der Waals surface area contributed by atoms with Crippen molar-refractivity contribution in [3.05, 3.63) is 59.7 Å². The molecule has 188 valence electrons. The van der Waals surface area contributed by atoms with Gasteiger partial charge in [-0.15, -0.1) is 0 Å². The number of rotatable bonds is 20. The van der Waals surface area contributed by atoms with Gasteiger partial charge >= 0.3 is 0 Å². The molecule has 0 aliphatic heterocycles. The maximum atomic E-state index is 5.90. The molecule has 2 rings (SSSR count). The van der Waals surface area contributed by atoms with Crippen LogP contribution in [0.5, 0.6) is 5.75 Å². The SMILES string of the molecule is CCCCCCCCCCOc1ccc(C=Nc2ccc(CCCCCCCCC)cc2)cc1. The molecule has 2 nitrogen and oxygen atoms in total. The van der Waals surface area contributed by atoms with Crippen molar-refractivity contribution in [2.45, 2.75) is 117 Å². The van der Waals surface area contributed by atoms with Crippen LogP contribution in [0.25, 0.3) is 0 Å². The first kappa shape index (κ1) is 28.1. The predicted octanol–water partition coefficient (Wildman–Crippen LogP) is 10.2. The molecule has 0 unspecified atom stereocenters. The summed E-state index contributed by atoms with van der Waals surface area (Å²) < 4.78 is 5.90. The molecule has 2 heteroatoms. The molecule has 0 N–H and O–H groups in total. The highest BCUT2D eigenvalue weighted by molar-refractivity contribution is 5.82. The summed E-state index contributed by atoms with van der Waals surface area (Å²) in [6, 6.07) is 17.0. The molecule has 2 aromatic carbocycles. The highest BCUT2D eigenvalue weighted by Crippen LogP contribution is 2.17. The monoisotopic (exact) mass is 463 g/mol. The second-order valence-electron chi connectivity index (χ2n) is 9.69. The maximum Gasteiger partial charge on any atom is 0.119 e. The molecule has 0 heterocycles. The van der Waals surface area contributed by atoms with E-state index in [1.165, 1.54) is 102 Å². The van der Waals surface area contributed by atoms with E-state index in [2.05, 4.69) is 67.4 Å². The number of hydrogen-bond donors (Lipinski definition) is 0. The zero-order valence-corrected chi connectivity index (χ0v) is 22.1. The van der Waals surface area contributed by atoms with Crippen LogP contribution in [-0.2, 0) is 6.42 Å². The van der Waals surface area contributed by atoms with E-state index in [1.54, 1.807) is 0 Å². The zero-order chi connectivity index (χ0) is 24.1. The van der Waals surface area contributed by atoms with Gasteiger partial charge in [0.15, 0.2) is 0 Å². The summed E-state index contributed by atoms with van der Waals surface area (Å²) in [7, 11) is 0. The lowest BCUT2D eigenvalue weighted by Gasteiger charge is -2.06. The van der Waals surface area contributed by atoms with Crippen LogP contribution in [0.3, 0.4) is 0 Å². The van der Waals surface area contributed by atoms with Gasteiger partial charge in [0.1, 0.15) is 5.75 Å². The van der Waals surface area contributed by atoms with Crippen molar-refractivity contribution in [1.29, 1.82) is 0 Å². The summed E-state index contributed by atoms with van der Waals surface area (Å²) >= 11 is 0. The Labute approximate surface area is 210 Å². The third-order valence-electron chi connectivity index (χ3n) is 6.51. The van der Waals surface area contributed by atoms with Crippen molar-refractivity contribution in [3.63, 3.8) is 0 Å². The van der Waals surface area contributed by atoms with Gasteiger partial charge in [-0.25, -0.2) is 0 Å². The Kier molecular flexibility index (Phi) is 15.9. The lowest BCUT2D eigenvalue weighted by molar-refractivity contribution is 0.304. The lowest BCUT2D eigenvalue weighted by atomic mass is 10.0. The molecule has 0 fully saturated rings. The van der Waals surface area contributed by atoms with Gasteiger partial charge in [-0.1, -0.05) is 109 Å². The van der Waals surface area contributed by atoms with Crippen LogP contribution in [0, 0.1) is 0 Å². The number of aliphatic imine (C=N–C) groups is 1. The number of benzene rings is 2. The number of hydrogen-bond acceptors (Lipinski definition) is 2. The standard InChI is InChI=1S/C32H49NO/c1-3-5-7-9-11-13-15-17-27-34-32-25-21-30(22-26-32)28-33-31-23-19-29(20-24-31)18-16-14-12-10-8-6-4-2/h19-26,28H,3-18,27H2,1-2H3. The van der Waals surface area contributed by atoms with E-state index in [1.807, 2.05) is 6.21 Å². The first-order valence-corrected chi connectivity index (χ1v) is 14.2. The molecular weight excluding hydrogens is 414 g/mol. The van der Waals surface area contributed by atoms with Gasteiger partial charge in [-0.2, -0.15) is 0 Å². The highest BCUT2D eigenvalue weighted by atomic mass is 16.5. The quantitative estimate of drug-likeness (QED) is 0.141. The molecule has 0 aliphatic rings. The minimum absolute atomic E-state index is 0.813. The van der Waals surface area contributed by atoms with Crippen LogP contribution in [0.1, 0.15) is 121 Å². The fourth-order valence-electron chi connectivity index (χ4n) is 4.26. The summed E-state index contributed by atoms with van der Waals surface area (Å²) in [5, 5.41) is 0. The molecule has 34 heavy (non-hydrogen) atoms. The van der Waals surface area contributed by atoms with Crippen LogP contribution in [-0.4, -0.2) is 12.8 Å². The van der Waals surface area contributed by atoms with Gasteiger partial charge in [-0.3, -0.25) is 4.99 Å². The minimum Gasteiger partial charge on any atom is -0.494 e. The van der Waals surface area contributed by atoms with Crippen molar-refractivity contribution in [3.8, 4) is 5.75 Å². The average molecular weight is 464 g/mol. The molecule has 0 amide bonds. The van der Waals surface area contributed by atoms with Crippen LogP contribution < -0.4 is 4.74 Å². The number of aryl methyl sites for hydroxylation is 1. The first-order valence-electron chi connectivity index (χ1n) is 14.2. The van der Waals surface area contributed by atoms with E-state index >= 15 is 0 Å². The van der Waals surface area contributed by atoms with Crippen LogP contribution in [0.2, 0.25) is 0 Å². The Bertz CT molecular complexity index is 748. The zero-order valence-electron chi connectivity index (χ0n) is 22.1. The van der Waals surface area contributed by atoms with E-state index in [4.69, 9.17) is 4.74 Å². The Morgan fingerprint density at radius 1 is 0.588 bits per heavy atom. The van der Waals surface area contributed by atoms with Gasteiger partial charge in [0.25, 0.3) is 0 Å². The van der Waals surface area contributed by atoms with Gasteiger partial charge in [0, 0.05) is 6.21 Å². The van der Waals surface area contributed by atoms with Crippen molar-refractivity contribution >= 4 is 11.9 Å². The van der Waals surface area contributed by atoms with Crippen molar-refractivity contribution in [2.75, 3.05) is 6.61 Å². The topological polar surface area (TPSA) is 21.6 Å². The molecule has 0 spiro atoms. The van der Waals surface area contributed by atoms with Crippen LogP contribution in [0.15, 0.2) is 53.5 Å². The second kappa shape index (κ2) is 19.2. The first-order chi connectivity index (χ1) is 16.8. The Morgan fingerprint density at radius 2 is 1.12 bits per heavy atom. The molecule has 0 bridgehead atoms. The molecule has 0 saturated carbocycles. The average Bonchev–Trinajstić information content (AvgIpc) is 2.87. The van der Waals surface area contributed by atoms with Crippen molar-refractivity contribution in [2.24, 2.45) is 4.99 Å². The Morgan fingerprint density at radius 3 is 1.71 bits per heavy atom. The molecule has 2 aromatic rings. The second-order valence-corrected chi connectivity index (χ2v) is 9.69. The molecule has 0 saturated heterocycles. The molecule has 0 aliphatic carbocycles. The van der Waals surface area contributed by atoms with Gasteiger partial charge in [0.2, 0.25) is 0 Å². The largest absolute Gasteiger partial charge is 0.494 e. The summed E-state index contributed by atoms with van der Waals surface area (Å²) in [6.07, 6.45) is 23.3. The Hall–Kier alpha value is -2.09. The van der Waals surface area contributed by atoms with Crippen molar-refractivity contribution < 1.29 is 4.74 Å². The normalized spacial score (nSPS) is 11.4. The number of nitrogens with zero attached hydrogens (tertiary/aromatic N) is 1. The van der Waals surface area contributed by atoms with Gasteiger partial charge < -0.3 is 4.74 Å². The molecule has 0 atom stereocenters. The fraction of sp³-hybridized carbons (Fsp3) is 0.594. The van der Waals surface area contributed by atoms with E-state index < -0.39 is 0 Å². The summed E-state index contributed by atoms with van der Waals surface area (Å²) in [6.45, 7) is 5.36. The van der Waals surface area contributed by atoms with Gasteiger partial charge in [-0.05, 0) is 66.8 Å². The third kappa shape index (κ3) is 13.6.